The molecule has 2 aromatic rings. The van der Waals surface area contributed by atoms with Gasteiger partial charge in [-0.15, -0.1) is 0 Å². The first-order chi connectivity index (χ1) is 9.22. The van der Waals surface area contributed by atoms with Crippen LogP contribution in [0.15, 0.2) is 48.5 Å². The summed E-state index contributed by atoms with van der Waals surface area (Å²) < 4.78 is 0. The summed E-state index contributed by atoms with van der Waals surface area (Å²) in [6, 6.07) is 17.3. The van der Waals surface area contributed by atoms with E-state index in [4.69, 9.17) is 11.6 Å². The average molecular weight is 274 g/mol. The molecule has 0 aliphatic heterocycles. The van der Waals surface area contributed by atoms with Crippen LogP contribution in [0.2, 0.25) is 5.02 Å². The predicted molar refractivity (Wildman–Crippen MR) is 82.8 cm³/mol. The fourth-order valence-corrected chi connectivity index (χ4v) is 2.35. The van der Waals surface area contributed by atoms with Gasteiger partial charge in [0.25, 0.3) is 0 Å². The fourth-order valence-electron chi connectivity index (χ4n) is 2.23. The van der Waals surface area contributed by atoms with Crippen LogP contribution in [-0.2, 0) is 12.8 Å². The Labute approximate surface area is 120 Å². The summed E-state index contributed by atoms with van der Waals surface area (Å²) in [6.45, 7) is 2.18. The van der Waals surface area contributed by atoms with Crippen molar-refractivity contribution in [1.82, 2.24) is 5.32 Å². The van der Waals surface area contributed by atoms with E-state index in [2.05, 4.69) is 48.6 Å². The van der Waals surface area contributed by atoms with E-state index in [1.54, 1.807) is 0 Å². The van der Waals surface area contributed by atoms with Crippen molar-refractivity contribution >= 4 is 11.6 Å². The lowest BCUT2D eigenvalue weighted by Gasteiger charge is -2.17. The second-order valence-corrected chi connectivity index (χ2v) is 5.20. The maximum absolute atomic E-state index is 5.92. The molecule has 0 spiro atoms. The van der Waals surface area contributed by atoms with E-state index in [0.717, 1.165) is 17.9 Å². The van der Waals surface area contributed by atoms with Crippen molar-refractivity contribution in [3.63, 3.8) is 0 Å². The van der Waals surface area contributed by atoms with Crippen molar-refractivity contribution in [2.45, 2.75) is 25.8 Å². The number of aryl methyl sites for hydroxylation is 1. The van der Waals surface area contributed by atoms with Gasteiger partial charge in [-0.3, -0.25) is 0 Å². The van der Waals surface area contributed by atoms with Crippen LogP contribution >= 0.6 is 11.6 Å². The standard InChI is InChI=1S/C17H20ClN/c1-3-13-4-8-15(9-5-13)17(19-2)12-14-6-10-16(18)11-7-14/h4-11,17,19H,3,12H2,1-2H3. The van der Waals surface area contributed by atoms with Gasteiger partial charge in [0.1, 0.15) is 0 Å². The van der Waals surface area contributed by atoms with E-state index in [0.29, 0.717) is 6.04 Å². The Hall–Kier alpha value is -1.31. The molecule has 1 unspecified atom stereocenters. The van der Waals surface area contributed by atoms with Gasteiger partial charge in [0, 0.05) is 11.1 Å². The molecule has 2 rings (SSSR count). The van der Waals surface area contributed by atoms with E-state index in [9.17, 15) is 0 Å². The first-order valence-electron chi connectivity index (χ1n) is 6.73. The Morgan fingerprint density at radius 1 is 0.947 bits per heavy atom. The zero-order valence-electron chi connectivity index (χ0n) is 11.5. The fraction of sp³-hybridized carbons (Fsp3) is 0.294. The normalized spacial score (nSPS) is 12.4. The Morgan fingerprint density at radius 2 is 1.53 bits per heavy atom. The molecule has 0 fully saturated rings. The van der Waals surface area contributed by atoms with Gasteiger partial charge in [0.15, 0.2) is 0 Å². The van der Waals surface area contributed by atoms with Gasteiger partial charge in [-0.25, -0.2) is 0 Å². The zero-order valence-corrected chi connectivity index (χ0v) is 12.2. The maximum atomic E-state index is 5.92. The van der Waals surface area contributed by atoms with Gasteiger partial charge in [0.2, 0.25) is 0 Å². The minimum atomic E-state index is 0.340. The van der Waals surface area contributed by atoms with Crippen LogP contribution in [-0.4, -0.2) is 7.05 Å². The predicted octanol–water partition coefficient (Wildman–Crippen LogP) is 4.41. The average Bonchev–Trinajstić information content (AvgIpc) is 2.47. The number of nitrogens with one attached hydrogen (secondary N) is 1. The third kappa shape index (κ3) is 3.82. The van der Waals surface area contributed by atoms with Crippen LogP contribution in [0.1, 0.15) is 29.7 Å². The van der Waals surface area contributed by atoms with Gasteiger partial charge in [0.05, 0.1) is 0 Å². The van der Waals surface area contributed by atoms with Crippen LogP contribution in [0.3, 0.4) is 0 Å². The smallest absolute Gasteiger partial charge is 0.0406 e. The third-order valence-electron chi connectivity index (χ3n) is 3.49. The van der Waals surface area contributed by atoms with E-state index < -0.39 is 0 Å². The number of halogens is 1. The van der Waals surface area contributed by atoms with Crippen LogP contribution in [0.5, 0.6) is 0 Å². The number of benzene rings is 2. The molecule has 1 atom stereocenters. The van der Waals surface area contributed by atoms with Crippen LogP contribution in [0.25, 0.3) is 0 Å². The zero-order chi connectivity index (χ0) is 13.7. The Bertz CT molecular complexity index is 502. The molecule has 2 heteroatoms. The van der Waals surface area contributed by atoms with Crippen LogP contribution in [0.4, 0.5) is 0 Å². The number of likely N-dealkylation sites (N-methyl/N-ethyl adjacent to an activating group) is 1. The van der Waals surface area contributed by atoms with Gasteiger partial charge in [-0.1, -0.05) is 54.9 Å². The number of rotatable bonds is 5. The maximum Gasteiger partial charge on any atom is 0.0406 e. The number of hydrogen-bond acceptors (Lipinski definition) is 1. The molecule has 100 valence electrons. The lowest BCUT2D eigenvalue weighted by Crippen LogP contribution is -2.18. The first kappa shape index (κ1) is 14.1. The van der Waals surface area contributed by atoms with Gasteiger partial charge in [-0.2, -0.15) is 0 Å². The van der Waals surface area contributed by atoms with Crippen molar-refractivity contribution in [2.75, 3.05) is 7.05 Å². The second kappa shape index (κ2) is 6.74. The molecule has 0 bridgehead atoms. The topological polar surface area (TPSA) is 12.0 Å². The highest BCUT2D eigenvalue weighted by Gasteiger charge is 2.09. The molecule has 0 aliphatic rings. The molecular weight excluding hydrogens is 254 g/mol. The molecule has 0 aliphatic carbocycles. The van der Waals surface area contributed by atoms with Gasteiger partial charge in [-0.05, 0) is 48.7 Å². The highest BCUT2D eigenvalue weighted by molar-refractivity contribution is 6.30. The van der Waals surface area contributed by atoms with E-state index >= 15 is 0 Å². The monoisotopic (exact) mass is 273 g/mol. The van der Waals surface area contributed by atoms with E-state index in [1.807, 2.05) is 19.2 Å². The molecule has 0 saturated carbocycles. The van der Waals surface area contributed by atoms with Crippen molar-refractivity contribution in [3.05, 3.63) is 70.2 Å². The van der Waals surface area contributed by atoms with E-state index in [1.165, 1.54) is 16.7 Å². The SMILES string of the molecule is CCc1ccc(C(Cc2ccc(Cl)cc2)NC)cc1. The van der Waals surface area contributed by atoms with E-state index in [-0.39, 0.29) is 0 Å². The van der Waals surface area contributed by atoms with Crippen molar-refractivity contribution in [2.24, 2.45) is 0 Å². The summed E-state index contributed by atoms with van der Waals surface area (Å²) in [7, 11) is 2.01. The summed E-state index contributed by atoms with van der Waals surface area (Å²) >= 11 is 5.92. The lowest BCUT2D eigenvalue weighted by atomic mass is 9.98. The second-order valence-electron chi connectivity index (χ2n) is 4.77. The summed E-state index contributed by atoms with van der Waals surface area (Å²) in [5, 5.41) is 4.17. The first-order valence-corrected chi connectivity index (χ1v) is 7.11. The molecule has 0 aromatic heterocycles. The van der Waals surface area contributed by atoms with Gasteiger partial charge >= 0.3 is 0 Å². The Balaban J connectivity index is 2.12. The van der Waals surface area contributed by atoms with Crippen molar-refractivity contribution in [1.29, 1.82) is 0 Å². The molecule has 0 heterocycles. The quantitative estimate of drug-likeness (QED) is 0.851. The summed E-state index contributed by atoms with van der Waals surface area (Å²) in [5.41, 5.74) is 4.00. The van der Waals surface area contributed by atoms with Crippen molar-refractivity contribution in [3.8, 4) is 0 Å². The summed E-state index contributed by atoms with van der Waals surface area (Å²) in [6.07, 6.45) is 2.06. The molecule has 2 aromatic carbocycles. The molecule has 19 heavy (non-hydrogen) atoms. The summed E-state index contributed by atoms with van der Waals surface area (Å²) in [5.74, 6) is 0. The number of hydrogen-bond donors (Lipinski definition) is 1. The molecular formula is C17H20ClN. The van der Waals surface area contributed by atoms with Crippen LogP contribution < -0.4 is 5.32 Å². The highest BCUT2D eigenvalue weighted by Crippen LogP contribution is 2.20. The molecule has 0 amide bonds. The minimum absolute atomic E-state index is 0.340. The third-order valence-corrected chi connectivity index (χ3v) is 3.74. The molecule has 0 radical (unpaired) electrons. The Kier molecular flexibility index (Phi) is 5.00. The van der Waals surface area contributed by atoms with Crippen LogP contribution in [0, 0.1) is 0 Å². The summed E-state index contributed by atoms with van der Waals surface area (Å²) in [4.78, 5) is 0. The Morgan fingerprint density at radius 3 is 2.05 bits per heavy atom. The molecule has 1 nitrogen and oxygen atoms in total. The largest absolute Gasteiger partial charge is 0.313 e. The highest BCUT2D eigenvalue weighted by atomic mass is 35.5. The minimum Gasteiger partial charge on any atom is -0.313 e. The lowest BCUT2D eigenvalue weighted by molar-refractivity contribution is 0.592. The van der Waals surface area contributed by atoms with Crippen molar-refractivity contribution < 1.29 is 0 Å². The van der Waals surface area contributed by atoms with Gasteiger partial charge < -0.3 is 5.32 Å². The molecule has 0 saturated heterocycles. The molecule has 1 N–H and O–H groups in total.